The maximum Gasteiger partial charge on any atom is 0.181 e. The molecule has 0 unspecified atom stereocenters. The van der Waals surface area contributed by atoms with Crippen molar-refractivity contribution in [1.29, 1.82) is 0 Å². The molecule has 2 aromatic rings. The maximum atomic E-state index is 4.40. The van der Waals surface area contributed by atoms with Crippen molar-refractivity contribution >= 4 is 11.0 Å². The third-order valence-corrected chi connectivity index (χ3v) is 1.99. The van der Waals surface area contributed by atoms with Gasteiger partial charge in [0.1, 0.15) is 0 Å². The second-order valence-electron chi connectivity index (χ2n) is 3.33. The zero-order valence-corrected chi connectivity index (χ0v) is 7.73. The SMILES string of the molecule is CC(C)c1ccc2ccnnc2n1. The van der Waals surface area contributed by atoms with Gasteiger partial charge in [0, 0.05) is 11.1 Å². The van der Waals surface area contributed by atoms with E-state index in [1.807, 2.05) is 18.2 Å². The number of fused-ring (bicyclic) bond motifs is 1. The highest BCUT2D eigenvalue weighted by molar-refractivity contribution is 5.73. The van der Waals surface area contributed by atoms with E-state index >= 15 is 0 Å². The molecular weight excluding hydrogens is 162 g/mol. The predicted octanol–water partition coefficient (Wildman–Crippen LogP) is 2.15. The highest BCUT2D eigenvalue weighted by Gasteiger charge is 2.02. The zero-order chi connectivity index (χ0) is 9.26. The third kappa shape index (κ3) is 1.49. The van der Waals surface area contributed by atoms with E-state index in [2.05, 4.69) is 29.0 Å². The highest BCUT2D eigenvalue weighted by atomic mass is 15.1. The Morgan fingerprint density at radius 1 is 1.15 bits per heavy atom. The number of nitrogens with zero attached hydrogens (tertiary/aromatic N) is 3. The summed E-state index contributed by atoms with van der Waals surface area (Å²) >= 11 is 0. The molecule has 66 valence electrons. The van der Waals surface area contributed by atoms with Gasteiger partial charge < -0.3 is 0 Å². The molecule has 0 saturated heterocycles. The molecule has 0 atom stereocenters. The zero-order valence-electron chi connectivity index (χ0n) is 7.73. The predicted molar refractivity (Wildman–Crippen MR) is 51.4 cm³/mol. The Morgan fingerprint density at radius 3 is 2.77 bits per heavy atom. The van der Waals surface area contributed by atoms with Crippen LogP contribution in [0, 0.1) is 0 Å². The summed E-state index contributed by atoms with van der Waals surface area (Å²) in [6.07, 6.45) is 1.68. The van der Waals surface area contributed by atoms with Crippen LogP contribution in [0.15, 0.2) is 24.4 Å². The third-order valence-electron chi connectivity index (χ3n) is 1.99. The minimum Gasteiger partial charge on any atom is -0.231 e. The van der Waals surface area contributed by atoms with Gasteiger partial charge in [-0.25, -0.2) is 4.98 Å². The molecule has 0 aliphatic carbocycles. The number of pyridine rings is 1. The van der Waals surface area contributed by atoms with Crippen LogP contribution < -0.4 is 0 Å². The minimum absolute atomic E-state index is 0.436. The van der Waals surface area contributed by atoms with E-state index < -0.39 is 0 Å². The molecule has 2 heterocycles. The lowest BCUT2D eigenvalue weighted by Gasteiger charge is -2.03. The van der Waals surface area contributed by atoms with E-state index in [-0.39, 0.29) is 0 Å². The van der Waals surface area contributed by atoms with E-state index in [1.54, 1.807) is 6.20 Å². The lowest BCUT2D eigenvalue weighted by atomic mass is 10.1. The fraction of sp³-hybridized carbons (Fsp3) is 0.300. The molecule has 2 aromatic heterocycles. The van der Waals surface area contributed by atoms with Gasteiger partial charge in [-0.2, -0.15) is 5.10 Å². The van der Waals surface area contributed by atoms with Crippen molar-refractivity contribution in [3.05, 3.63) is 30.1 Å². The summed E-state index contributed by atoms with van der Waals surface area (Å²) < 4.78 is 0. The van der Waals surface area contributed by atoms with E-state index in [0.29, 0.717) is 5.92 Å². The van der Waals surface area contributed by atoms with Crippen LogP contribution in [-0.2, 0) is 0 Å². The first-order valence-corrected chi connectivity index (χ1v) is 4.36. The molecule has 0 aliphatic rings. The van der Waals surface area contributed by atoms with Gasteiger partial charge in [0.2, 0.25) is 0 Å². The number of hydrogen-bond acceptors (Lipinski definition) is 3. The fourth-order valence-electron chi connectivity index (χ4n) is 1.21. The molecule has 0 radical (unpaired) electrons. The van der Waals surface area contributed by atoms with Crippen molar-refractivity contribution in [2.45, 2.75) is 19.8 Å². The van der Waals surface area contributed by atoms with E-state index in [4.69, 9.17) is 0 Å². The molecule has 0 aliphatic heterocycles. The Labute approximate surface area is 76.8 Å². The molecule has 0 saturated carbocycles. The Hall–Kier alpha value is -1.51. The van der Waals surface area contributed by atoms with Gasteiger partial charge in [-0.3, -0.25) is 0 Å². The Morgan fingerprint density at radius 2 is 2.00 bits per heavy atom. The topological polar surface area (TPSA) is 38.7 Å². The largest absolute Gasteiger partial charge is 0.231 e. The molecular formula is C10H11N3. The van der Waals surface area contributed by atoms with Crippen LogP contribution in [0.1, 0.15) is 25.5 Å². The van der Waals surface area contributed by atoms with Gasteiger partial charge in [0.15, 0.2) is 5.65 Å². The molecule has 0 bridgehead atoms. The van der Waals surface area contributed by atoms with Gasteiger partial charge in [-0.05, 0) is 24.1 Å². The summed E-state index contributed by atoms with van der Waals surface area (Å²) in [5, 5.41) is 8.81. The van der Waals surface area contributed by atoms with Crippen LogP contribution in [0.25, 0.3) is 11.0 Å². The van der Waals surface area contributed by atoms with Crippen molar-refractivity contribution in [2.24, 2.45) is 0 Å². The van der Waals surface area contributed by atoms with E-state index in [0.717, 1.165) is 16.7 Å². The molecule has 3 heteroatoms. The van der Waals surface area contributed by atoms with Crippen molar-refractivity contribution < 1.29 is 0 Å². The summed E-state index contributed by atoms with van der Waals surface area (Å²) in [4.78, 5) is 4.40. The lowest BCUT2D eigenvalue weighted by Crippen LogP contribution is -1.94. The second-order valence-corrected chi connectivity index (χ2v) is 3.33. The van der Waals surface area contributed by atoms with Gasteiger partial charge in [-0.15, -0.1) is 5.10 Å². The van der Waals surface area contributed by atoms with Gasteiger partial charge in [-0.1, -0.05) is 13.8 Å². The molecule has 13 heavy (non-hydrogen) atoms. The molecule has 0 spiro atoms. The average Bonchev–Trinajstić information content (AvgIpc) is 2.17. The highest BCUT2D eigenvalue weighted by Crippen LogP contribution is 2.14. The van der Waals surface area contributed by atoms with Crippen LogP contribution in [-0.4, -0.2) is 15.2 Å². The monoisotopic (exact) mass is 173 g/mol. The number of hydrogen-bond donors (Lipinski definition) is 0. The van der Waals surface area contributed by atoms with Gasteiger partial charge in [0.25, 0.3) is 0 Å². The molecule has 0 amide bonds. The van der Waals surface area contributed by atoms with Crippen molar-refractivity contribution in [1.82, 2.24) is 15.2 Å². The molecule has 0 fully saturated rings. The fourth-order valence-corrected chi connectivity index (χ4v) is 1.21. The maximum absolute atomic E-state index is 4.40. The smallest absolute Gasteiger partial charge is 0.181 e. The van der Waals surface area contributed by atoms with Crippen molar-refractivity contribution in [2.75, 3.05) is 0 Å². The summed E-state index contributed by atoms with van der Waals surface area (Å²) in [5.41, 5.74) is 1.79. The van der Waals surface area contributed by atoms with Gasteiger partial charge in [0.05, 0.1) is 6.20 Å². The van der Waals surface area contributed by atoms with Crippen LogP contribution in [0.2, 0.25) is 0 Å². The Kier molecular flexibility index (Phi) is 1.93. The van der Waals surface area contributed by atoms with Crippen molar-refractivity contribution in [3.8, 4) is 0 Å². The van der Waals surface area contributed by atoms with E-state index in [1.165, 1.54) is 0 Å². The summed E-state index contributed by atoms with van der Waals surface area (Å²) in [6, 6.07) is 5.99. The average molecular weight is 173 g/mol. The molecule has 0 aromatic carbocycles. The summed E-state index contributed by atoms with van der Waals surface area (Å²) in [5.74, 6) is 0.436. The number of rotatable bonds is 1. The van der Waals surface area contributed by atoms with E-state index in [9.17, 15) is 0 Å². The van der Waals surface area contributed by atoms with Crippen LogP contribution in [0.5, 0.6) is 0 Å². The summed E-state index contributed by atoms with van der Waals surface area (Å²) in [7, 11) is 0. The first-order chi connectivity index (χ1) is 6.27. The molecule has 0 N–H and O–H groups in total. The first-order valence-electron chi connectivity index (χ1n) is 4.36. The molecule has 3 nitrogen and oxygen atoms in total. The standard InChI is InChI=1S/C10H11N3/c1-7(2)9-4-3-8-5-6-11-13-10(8)12-9/h3-7H,1-2H3. The minimum atomic E-state index is 0.436. The number of aromatic nitrogens is 3. The van der Waals surface area contributed by atoms with Crippen LogP contribution in [0.3, 0.4) is 0 Å². The quantitative estimate of drug-likeness (QED) is 0.663. The second kappa shape index (κ2) is 3.09. The normalized spacial score (nSPS) is 11.0. The Bertz CT molecular complexity index is 423. The van der Waals surface area contributed by atoms with Gasteiger partial charge >= 0.3 is 0 Å². The van der Waals surface area contributed by atoms with Crippen LogP contribution in [0.4, 0.5) is 0 Å². The molecule has 2 rings (SSSR count). The lowest BCUT2D eigenvalue weighted by molar-refractivity contribution is 0.825. The van der Waals surface area contributed by atoms with Crippen LogP contribution >= 0.6 is 0 Å². The summed E-state index contributed by atoms with van der Waals surface area (Å²) in [6.45, 7) is 4.23. The first kappa shape index (κ1) is 8.10. The Balaban J connectivity index is 2.62. The van der Waals surface area contributed by atoms with Crippen molar-refractivity contribution in [3.63, 3.8) is 0 Å².